The summed E-state index contributed by atoms with van der Waals surface area (Å²) in [5.74, 6) is 1.04. The molecule has 1 aromatic heterocycles. The molecule has 1 aliphatic rings. The third-order valence-electron chi connectivity index (χ3n) is 5.39. The van der Waals surface area contributed by atoms with Crippen LogP contribution in [-0.2, 0) is 31.5 Å². The number of likely N-dealkylation sites (tertiary alicyclic amines) is 1. The Bertz CT molecular complexity index is 885. The maximum Gasteiger partial charge on any atom is 0.222 e. The van der Waals surface area contributed by atoms with Gasteiger partial charge in [0.15, 0.2) is 5.96 Å². The van der Waals surface area contributed by atoms with Crippen LogP contribution in [0.15, 0.2) is 29.3 Å². The number of aromatic nitrogens is 2. The van der Waals surface area contributed by atoms with Crippen LogP contribution in [0.25, 0.3) is 0 Å². The van der Waals surface area contributed by atoms with Crippen molar-refractivity contribution >= 4 is 11.9 Å². The van der Waals surface area contributed by atoms with Crippen molar-refractivity contribution in [1.29, 1.82) is 0 Å². The van der Waals surface area contributed by atoms with Gasteiger partial charge in [-0.1, -0.05) is 24.3 Å². The van der Waals surface area contributed by atoms with Gasteiger partial charge < -0.3 is 15.5 Å². The molecule has 2 aromatic rings. The Morgan fingerprint density at radius 3 is 2.69 bits per heavy atom. The molecule has 3 rings (SSSR count). The molecule has 0 unspecified atom stereocenters. The van der Waals surface area contributed by atoms with Crippen molar-refractivity contribution in [3.05, 3.63) is 52.3 Å². The highest BCUT2D eigenvalue weighted by atomic mass is 16.2. The van der Waals surface area contributed by atoms with Gasteiger partial charge >= 0.3 is 0 Å². The minimum atomic E-state index is 0.257. The maximum atomic E-state index is 11.9. The average molecular weight is 397 g/mol. The fraction of sp³-hybridized carbons (Fsp3) is 0.500. The van der Waals surface area contributed by atoms with E-state index in [0.717, 1.165) is 48.0 Å². The number of nitrogens with one attached hydrogen (secondary N) is 2. The number of carbonyl (C=O) groups is 1. The van der Waals surface area contributed by atoms with Gasteiger partial charge in [0.1, 0.15) is 0 Å². The number of aliphatic imine (C=N–C) groups is 1. The molecule has 7 nitrogen and oxygen atoms in total. The second-order valence-electron chi connectivity index (χ2n) is 7.56. The summed E-state index contributed by atoms with van der Waals surface area (Å²) in [5.41, 5.74) is 5.70. The van der Waals surface area contributed by atoms with Crippen LogP contribution < -0.4 is 10.6 Å². The third-order valence-corrected chi connectivity index (χ3v) is 5.39. The standard InChI is InChI=1S/C22H32N6O/c1-5-23-22(25-14-20-16(2)26-27(4)17(20)3)24-13-18-8-6-9-19(12-18)15-28-11-7-10-21(28)29/h6,8-9,12H,5,7,10-11,13-15H2,1-4H3,(H2,23,24,25). The first-order valence-corrected chi connectivity index (χ1v) is 10.3. The van der Waals surface area contributed by atoms with Crippen molar-refractivity contribution in [2.75, 3.05) is 13.1 Å². The molecule has 0 radical (unpaired) electrons. The first kappa shape index (κ1) is 20.9. The highest BCUT2D eigenvalue weighted by molar-refractivity contribution is 5.79. The molecule has 1 fully saturated rings. The van der Waals surface area contributed by atoms with Crippen molar-refractivity contribution in [1.82, 2.24) is 25.3 Å². The molecule has 2 N–H and O–H groups in total. The number of hydrogen-bond donors (Lipinski definition) is 2. The van der Waals surface area contributed by atoms with E-state index < -0.39 is 0 Å². The van der Waals surface area contributed by atoms with E-state index in [1.807, 2.05) is 29.6 Å². The van der Waals surface area contributed by atoms with Crippen LogP contribution >= 0.6 is 0 Å². The summed E-state index contributed by atoms with van der Waals surface area (Å²) in [6.45, 7) is 9.80. The van der Waals surface area contributed by atoms with Gasteiger partial charge in [0, 0.05) is 50.9 Å². The summed E-state index contributed by atoms with van der Waals surface area (Å²) >= 11 is 0. The Morgan fingerprint density at radius 1 is 1.24 bits per heavy atom. The number of benzene rings is 1. The van der Waals surface area contributed by atoms with E-state index >= 15 is 0 Å². The summed E-state index contributed by atoms with van der Waals surface area (Å²) in [7, 11) is 1.97. The number of guanidine groups is 1. The fourth-order valence-electron chi connectivity index (χ4n) is 3.68. The van der Waals surface area contributed by atoms with E-state index in [1.165, 1.54) is 5.56 Å². The lowest BCUT2D eigenvalue weighted by Gasteiger charge is -2.16. The topological polar surface area (TPSA) is 74.6 Å². The van der Waals surface area contributed by atoms with Crippen LogP contribution in [0.2, 0.25) is 0 Å². The first-order chi connectivity index (χ1) is 14.0. The van der Waals surface area contributed by atoms with Crippen molar-refractivity contribution in [3.8, 4) is 0 Å². The van der Waals surface area contributed by atoms with Crippen molar-refractivity contribution in [2.45, 2.75) is 53.2 Å². The summed E-state index contributed by atoms with van der Waals surface area (Å²) in [5, 5.41) is 11.2. The number of amides is 1. The number of rotatable bonds is 7. The lowest BCUT2D eigenvalue weighted by Crippen LogP contribution is -2.37. The summed E-state index contributed by atoms with van der Waals surface area (Å²) in [6, 6.07) is 8.35. The fourth-order valence-corrected chi connectivity index (χ4v) is 3.68. The summed E-state index contributed by atoms with van der Waals surface area (Å²) in [4.78, 5) is 18.5. The van der Waals surface area contributed by atoms with E-state index in [-0.39, 0.29) is 5.91 Å². The lowest BCUT2D eigenvalue weighted by molar-refractivity contribution is -0.128. The SMILES string of the molecule is CCNC(=NCc1cccc(CN2CCCC2=O)c1)NCc1c(C)nn(C)c1C. The molecule has 1 aliphatic heterocycles. The highest BCUT2D eigenvalue weighted by Crippen LogP contribution is 2.16. The van der Waals surface area contributed by atoms with Crippen LogP contribution in [0.5, 0.6) is 0 Å². The molecule has 1 amide bonds. The Morgan fingerprint density at radius 2 is 2.03 bits per heavy atom. The summed E-state index contributed by atoms with van der Waals surface area (Å²) in [6.07, 6.45) is 1.65. The molecule has 1 aromatic carbocycles. The van der Waals surface area contributed by atoms with E-state index in [0.29, 0.717) is 26.1 Å². The predicted octanol–water partition coefficient (Wildman–Crippen LogP) is 2.41. The Hall–Kier alpha value is -2.83. The zero-order chi connectivity index (χ0) is 20.8. The maximum absolute atomic E-state index is 11.9. The molecule has 29 heavy (non-hydrogen) atoms. The van der Waals surface area contributed by atoms with E-state index in [1.54, 1.807) is 0 Å². The minimum Gasteiger partial charge on any atom is -0.357 e. The molecule has 0 bridgehead atoms. The molecular weight excluding hydrogens is 364 g/mol. The zero-order valence-electron chi connectivity index (χ0n) is 18.0. The number of carbonyl (C=O) groups excluding carboxylic acids is 1. The van der Waals surface area contributed by atoms with Gasteiger partial charge in [-0.3, -0.25) is 9.48 Å². The van der Waals surface area contributed by atoms with Crippen LogP contribution in [0.1, 0.15) is 47.8 Å². The molecule has 1 saturated heterocycles. The largest absolute Gasteiger partial charge is 0.357 e. The third kappa shape index (κ3) is 5.37. The van der Waals surface area contributed by atoms with E-state index in [9.17, 15) is 4.79 Å². The van der Waals surface area contributed by atoms with Gasteiger partial charge in [0.05, 0.1) is 12.2 Å². The number of nitrogens with zero attached hydrogens (tertiary/aromatic N) is 4. The van der Waals surface area contributed by atoms with Gasteiger partial charge in [-0.2, -0.15) is 5.10 Å². The monoisotopic (exact) mass is 396 g/mol. The smallest absolute Gasteiger partial charge is 0.222 e. The second-order valence-corrected chi connectivity index (χ2v) is 7.56. The highest BCUT2D eigenvalue weighted by Gasteiger charge is 2.19. The molecule has 0 spiro atoms. The van der Waals surface area contributed by atoms with Crippen LogP contribution in [0, 0.1) is 13.8 Å². The molecule has 0 atom stereocenters. The van der Waals surface area contributed by atoms with Crippen molar-refractivity contribution in [3.63, 3.8) is 0 Å². The van der Waals surface area contributed by atoms with Crippen LogP contribution in [0.3, 0.4) is 0 Å². The second kappa shape index (κ2) is 9.58. The molecule has 0 aliphatic carbocycles. The average Bonchev–Trinajstić information content (AvgIpc) is 3.20. The van der Waals surface area contributed by atoms with E-state index in [4.69, 9.17) is 4.99 Å². The van der Waals surface area contributed by atoms with Gasteiger partial charge in [-0.15, -0.1) is 0 Å². The van der Waals surface area contributed by atoms with Gasteiger partial charge in [-0.25, -0.2) is 4.99 Å². The van der Waals surface area contributed by atoms with Gasteiger partial charge in [0.25, 0.3) is 0 Å². The predicted molar refractivity (Wildman–Crippen MR) is 115 cm³/mol. The molecular formula is C22H32N6O. The zero-order valence-corrected chi connectivity index (χ0v) is 18.0. The molecule has 156 valence electrons. The van der Waals surface area contributed by atoms with Crippen molar-refractivity contribution in [2.24, 2.45) is 12.0 Å². The molecule has 7 heteroatoms. The van der Waals surface area contributed by atoms with Crippen LogP contribution in [0.4, 0.5) is 0 Å². The number of hydrogen-bond acceptors (Lipinski definition) is 3. The molecule has 2 heterocycles. The Kier molecular flexibility index (Phi) is 6.90. The van der Waals surface area contributed by atoms with Crippen LogP contribution in [-0.4, -0.2) is 39.6 Å². The normalized spacial score (nSPS) is 14.6. The van der Waals surface area contributed by atoms with Crippen molar-refractivity contribution < 1.29 is 4.79 Å². The molecule has 0 saturated carbocycles. The lowest BCUT2D eigenvalue weighted by atomic mass is 10.1. The van der Waals surface area contributed by atoms with Gasteiger partial charge in [0.2, 0.25) is 5.91 Å². The van der Waals surface area contributed by atoms with Gasteiger partial charge in [-0.05, 0) is 38.3 Å². The van der Waals surface area contributed by atoms with E-state index in [2.05, 4.69) is 47.8 Å². The quantitative estimate of drug-likeness (QED) is 0.557. The summed E-state index contributed by atoms with van der Waals surface area (Å²) < 4.78 is 1.91. The Balaban J connectivity index is 1.63. The number of aryl methyl sites for hydroxylation is 2. The minimum absolute atomic E-state index is 0.257. The first-order valence-electron chi connectivity index (χ1n) is 10.3. The Labute approximate surface area is 173 Å².